The highest BCUT2D eigenvalue weighted by Gasteiger charge is 2.20. The molecule has 26 heavy (non-hydrogen) atoms. The summed E-state index contributed by atoms with van der Waals surface area (Å²) in [6.45, 7) is 3.37. The van der Waals surface area contributed by atoms with E-state index in [9.17, 15) is 14.9 Å². The Morgan fingerprint density at radius 2 is 1.77 bits per heavy atom. The quantitative estimate of drug-likeness (QED) is 0.489. The summed E-state index contributed by atoms with van der Waals surface area (Å²) in [4.78, 5) is 24.3. The van der Waals surface area contributed by atoms with E-state index in [1.54, 1.807) is 42.5 Å². The Morgan fingerprint density at radius 1 is 1.15 bits per heavy atom. The SMILES string of the molecule is Cc1ccc(/C=C(\C#N)C(=O)O[C@H](C)C(=O)Nc2ccc(Cl)cc2)cc1. The number of aryl methyl sites for hydroxylation is 1. The third kappa shape index (κ3) is 5.47. The molecule has 0 saturated carbocycles. The number of rotatable bonds is 5. The first-order chi connectivity index (χ1) is 12.4. The third-order valence-corrected chi connectivity index (χ3v) is 3.75. The van der Waals surface area contributed by atoms with E-state index in [1.165, 1.54) is 13.0 Å². The average molecular weight is 369 g/mol. The molecular formula is C20H17ClN2O3. The molecule has 1 atom stereocenters. The van der Waals surface area contributed by atoms with Crippen LogP contribution in [0.1, 0.15) is 18.1 Å². The number of carbonyl (C=O) groups is 2. The molecule has 0 spiro atoms. The summed E-state index contributed by atoms with van der Waals surface area (Å²) in [5, 5.41) is 12.3. The summed E-state index contributed by atoms with van der Waals surface area (Å²) < 4.78 is 5.09. The van der Waals surface area contributed by atoms with Gasteiger partial charge in [-0.3, -0.25) is 4.79 Å². The van der Waals surface area contributed by atoms with Gasteiger partial charge in [-0.2, -0.15) is 5.26 Å². The fraction of sp³-hybridized carbons (Fsp3) is 0.150. The van der Waals surface area contributed by atoms with Crippen molar-refractivity contribution in [3.63, 3.8) is 0 Å². The van der Waals surface area contributed by atoms with Gasteiger partial charge in [0.1, 0.15) is 11.6 Å². The summed E-state index contributed by atoms with van der Waals surface area (Å²) in [5.74, 6) is -1.36. The van der Waals surface area contributed by atoms with Gasteiger partial charge in [0.2, 0.25) is 0 Å². The lowest BCUT2D eigenvalue weighted by atomic mass is 10.1. The van der Waals surface area contributed by atoms with Crippen molar-refractivity contribution >= 4 is 35.2 Å². The predicted molar refractivity (Wildman–Crippen MR) is 100 cm³/mol. The number of hydrogen-bond donors (Lipinski definition) is 1. The first-order valence-electron chi connectivity index (χ1n) is 7.85. The number of hydrogen-bond acceptors (Lipinski definition) is 4. The lowest BCUT2D eigenvalue weighted by Gasteiger charge is -2.13. The van der Waals surface area contributed by atoms with Gasteiger partial charge in [-0.05, 0) is 49.8 Å². The molecule has 0 saturated heterocycles. The summed E-state index contributed by atoms with van der Waals surface area (Å²) in [6, 6.07) is 15.6. The van der Waals surface area contributed by atoms with Crippen LogP contribution in [0.2, 0.25) is 5.02 Å². The van der Waals surface area contributed by atoms with Crippen molar-refractivity contribution < 1.29 is 14.3 Å². The van der Waals surface area contributed by atoms with Crippen molar-refractivity contribution in [3.05, 3.63) is 70.3 Å². The van der Waals surface area contributed by atoms with Gasteiger partial charge in [-0.1, -0.05) is 41.4 Å². The molecule has 6 heteroatoms. The zero-order chi connectivity index (χ0) is 19.1. The summed E-state index contributed by atoms with van der Waals surface area (Å²) in [5.41, 5.74) is 2.11. The molecule has 1 amide bonds. The summed E-state index contributed by atoms with van der Waals surface area (Å²) in [6.07, 6.45) is 0.360. The van der Waals surface area contributed by atoms with Gasteiger partial charge in [0.25, 0.3) is 5.91 Å². The number of benzene rings is 2. The highest BCUT2D eigenvalue weighted by molar-refractivity contribution is 6.30. The van der Waals surface area contributed by atoms with Crippen molar-refractivity contribution in [3.8, 4) is 6.07 Å². The Balaban J connectivity index is 2.01. The minimum absolute atomic E-state index is 0.181. The maximum absolute atomic E-state index is 12.1. The molecule has 0 bridgehead atoms. The van der Waals surface area contributed by atoms with E-state index in [-0.39, 0.29) is 5.57 Å². The third-order valence-electron chi connectivity index (χ3n) is 3.49. The largest absolute Gasteiger partial charge is 0.448 e. The number of halogens is 1. The second-order valence-electron chi connectivity index (χ2n) is 5.62. The van der Waals surface area contributed by atoms with Crippen molar-refractivity contribution in [1.82, 2.24) is 0 Å². The number of ether oxygens (including phenoxy) is 1. The fourth-order valence-electron chi connectivity index (χ4n) is 2.02. The molecule has 0 aliphatic heterocycles. The highest BCUT2D eigenvalue weighted by Crippen LogP contribution is 2.15. The Kier molecular flexibility index (Phi) is 6.54. The molecule has 0 aliphatic carbocycles. The van der Waals surface area contributed by atoms with Crippen LogP contribution in [0.5, 0.6) is 0 Å². The van der Waals surface area contributed by atoms with E-state index in [0.717, 1.165) is 5.56 Å². The normalized spacial score (nSPS) is 12.0. The fourth-order valence-corrected chi connectivity index (χ4v) is 2.15. The van der Waals surface area contributed by atoms with Crippen LogP contribution < -0.4 is 5.32 Å². The Morgan fingerprint density at radius 3 is 2.35 bits per heavy atom. The van der Waals surface area contributed by atoms with Crippen molar-refractivity contribution in [2.45, 2.75) is 20.0 Å². The number of nitrogens with zero attached hydrogens (tertiary/aromatic N) is 1. The molecule has 1 N–H and O–H groups in total. The summed E-state index contributed by atoms with van der Waals surface area (Å²) >= 11 is 5.79. The highest BCUT2D eigenvalue weighted by atomic mass is 35.5. The second kappa shape index (κ2) is 8.84. The Hall–Kier alpha value is -3.10. The molecule has 5 nitrogen and oxygen atoms in total. The van der Waals surface area contributed by atoms with Crippen molar-refractivity contribution in [1.29, 1.82) is 5.26 Å². The van der Waals surface area contributed by atoms with Crippen LogP contribution in [0.15, 0.2) is 54.1 Å². The van der Waals surface area contributed by atoms with Crippen molar-refractivity contribution in [2.75, 3.05) is 5.32 Å². The van der Waals surface area contributed by atoms with Crippen LogP contribution in [0.4, 0.5) is 5.69 Å². The van der Waals surface area contributed by atoms with Gasteiger partial charge in [0, 0.05) is 10.7 Å². The Bertz CT molecular complexity index is 865. The molecule has 0 aromatic heterocycles. The number of nitriles is 1. The molecule has 0 radical (unpaired) electrons. The van der Waals surface area contributed by atoms with Crippen LogP contribution in [-0.4, -0.2) is 18.0 Å². The van der Waals surface area contributed by atoms with Gasteiger partial charge in [-0.15, -0.1) is 0 Å². The lowest BCUT2D eigenvalue weighted by molar-refractivity contribution is -0.148. The molecule has 0 heterocycles. The standard InChI is InChI=1S/C20H17ClN2O3/c1-13-3-5-15(6-4-13)11-16(12-22)20(25)26-14(2)19(24)23-18-9-7-17(21)8-10-18/h3-11,14H,1-2H3,(H,23,24)/b16-11+/t14-/m1/s1. The first-order valence-corrected chi connectivity index (χ1v) is 8.22. The van der Waals surface area contributed by atoms with Crippen LogP contribution in [0.3, 0.4) is 0 Å². The zero-order valence-electron chi connectivity index (χ0n) is 14.3. The van der Waals surface area contributed by atoms with Gasteiger partial charge < -0.3 is 10.1 Å². The van der Waals surface area contributed by atoms with Crippen LogP contribution in [0, 0.1) is 18.3 Å². The molecule has 0 fully saturated rings. The second-order valence-corrected chi connectivity index (χ2v) is 6.06. The average Bonchev–Trinajstić information content (AvgIpc) is 2.62. The maximum atomic E-state index is 12.1. The van der Waals surface area contributed by atoms with Crippen molar-refractivity contribution in [2.24, 2.45) is 0 Å². The van der Waals surface area contributed by atoms with E-state index in [0.29, 0.717) is 16.3 Å². The zero-order valence-corrected chi connectivity index (χ0v) is 15.1. The molecule has 2 aromatic carbocycles. The maximum Gasteiger partial charge on any atom is 0.349 e. The number of esters is 1. The first kappa shape index (κ1) is 19.2. The summed E-state index contributed by atoms with van der Waals surface area (Å²) in [7, 11) is 0. The Labute approximate surface area is 156 Å². The molecular weight excluding hydrogens is 352 g/mol. The van der Waals surface area contributed by atoms with E-state index in [4.69, 9.17) is 16.3 Å². The lowest BCUT2D eigenvalue weighted by Crippen LogP contribution is -2.30. The minimum Gasteiger partial charge on any atom is -0.448 e. The molecule has 2 aromatic rings. The van der Waals surface area contributed by atoms with Gasteiger partial charge in [-0.25, -0.2) is 4.79 Å². The minimum atomic E-state index is -1.06. The van der Waals surface area contributed by atoms with E-state index < -0.39 is 18.0 Å². The monoisotopic (exact) mass is 368 g/mol. The van der Waals surface area contributed by atoms with Crippen LogP contribution >= 0.6 is 11.6 Å². The van der Waals surface area contributed by atoms with Gasteiger partial charge in [0.15, 0.2) is 6.10 Å². The van der Waals surface area contributed by atoms with E-state index in [1.807, 2.05) is 19.1 Å². The van der Waals surface area contributed by atoms with E-state index >= 15 is 0 Å². The van der Waals surface area contributed by atoms with Gasteiger partial charge in [0.05, 0.1) is 0 Å². The number of nitrogens with one attached hydrogen (secondary N) is 1. The number of carbonyl (C=O) groups excluding carboxylic acids is 2. The predicted octanol–water partition coefficient (Wildman–Crippen LogP) is 4.13. The topological polar surface area (TPSA) is 79.2 Å². The number of anilines is 1. The molecule has 0 aliphatic rings. The smallest absolute Gasteiger partial charge is 0.349 e. The van der Waals surface area contributed by atoms with Crippen LogP contribution in [-0.2, 0) is 14.3 Å². The molecule has 0 unspecified atom stereocenters. The number of amides is 1. The molecule has 132 valence electrons. The van der Waals surface area contributed by atoms with Crippen LogP contribution in [0.25, 0.3) is 6.08 Å². The van der Waals surface area contributed by atoms with Gasteiger partial charge >= 0.3 is 5.97 Å². The van der Waals surface area contributed by atoms with E-state index in [2.05, 4.69) is 5.32 Å². The molecule has 2 rings (SSSR count).